The molecular formula is C21H17FN2O2. The van der Waals surface area contributed by atoms with Crippen molar-refractivity contribution in [1.29, 1.82) is 0 Å². The Morgan fingerprint density at radius 1 is 0.808 bits per heavy atom. The maximum absolute atomic E-state index is 12.9. The molecule has 1 N–H and O–H groups in total. The molecule has 0 fully saturated rings. The smallest absolute Gasteiger partial charge is 0.258 e. The molecule has 26 heavy (non-hydrogen) atoms. The van der Waals surface area contributed by atoms with E-state index in [4.69, 9.17) is 0 Å². The lowest BCUT2D eigenvalue weighted by Crippen LogP contribution is -2.26. The van der Waals surface area contributed by atoms with Crippen LogP contribution in [-0.2, 0) is 0 Å². The lowest BCUT2D eigenvalue weighted by atomic mass is 10.1. The number of nitrogens with zero attached hydrogens (tertiary/aromatic N) is 1. The SMILES string of the molecule is CN(C(=O)c1ccc(NC(=O)c2ccc(F)cc2)cc1)c1ccccc1. The second-order valence-corrected chi connectivity index (χ2v) is 5.74. The molecule has 3 aromatic carbocycles. The van der Waals surface area contributed by atoms with Gasteiger partial charge in [-0.3, -0.25) is 9.59 Å². The first kappa shape index (κ1) is 17.4. The lowest BCUT2D eigenvalue weighted by molar-refractivity contribution is 0.0991. The highest BCUT2D eigenvalue weighted by atomic mass is 19.1. The van der Waals surface area contributed by atoms with Crippen molar-refractivity contribution in [2.75, 3.05) is 17.3 Å². The van der Waals surface area contributed by atoms with E-state index in [1.54, 1.807) is 36.2 Å². The first-order chi connectivity index (χ1) is 12.5. The van der Waals surface area contributed by atoms with Crippen LogP contribution >= 0.6 is 0 Å². The van der Waals surface area contributed by atoms with Crippen molar-refractivity contribution in [3.05, 3.63) is 95.8 Å². The average Bonchev–Trinajstić information content (AvgIpc) is 2.68. The number of carbonyl (C=O) groups is 2. The molecule has 3 aromatic rings. The zero-order chi connectivity index (χ0) is 18.5. The highest BCUT2D eigenvalue weighted by molar-refractivity contribution is 6.07. The van der Waals surface area contributed by atoms with Crippen LogP contribution in [0.3, 0.4) is 0 Å². The molecule has 0 bridgehead atoms. The van der Waals surface area contributed by atoms with Gasteiger partial charge in [0.05, 0.1) is 0 Å². The number of anilines is 2. The molecule has 0 unspecified atom stereocenters. The van der Waals surface area contributed by atoms with Crippen molar-refractivity contribution in [2.24, 2.45) is 0 Å². The quantitative estimate of drug-likeness (QED) is 0.762. The van der Waals surface area contributed by atoms with Crippen molar-refractivity contribution < 1.29 is 14.0 Å². The number of carbonyl (C=O) groups excluding carboxylic acids is 2. The van der Waals surface area contributed by atoms with Gasteiger partial charge in [-0.15, -0.1) is 0 Å². The number of nitrogens with one attached hydrogen (secondary N) is 1. The van der Waals surface area contributed by atoms with Crippen LogP contribution in [-0.4, -0.2) is 18.9 Å². The van der Waals surface area contributed by atoms with E-state index in [2.05, 4.69) is 5.32 Å². The number of rotatable bonds is 4. The Morgan fingerprint density at radius 3 is 2.00 bits per heavy atom. The number of hydrogen-bond donors (Lipinski definition) is 1. The summed E-state index contributed by atoms with van der Waals surface area (Å²) in [6.45, 7) is 0. The Balaban J connectivity index is 1.69. The van der Waals surface area contributed by atoms with E-state index >= 15 is 0 Å². The zero-order valence-electron chi connectivity index (χ0n) is 14.1. The Hall–Kier alpha value is -3.47. The molecular weight excluding hydrogens is 331 g/mol. The molecule has 0 radical (unpaired) electrons. The van der Waals surface area contributed by atoms with Crippen molar-refractivity contribution >= 4 is 23.2 Å². The fourth-order valence-corrected chi connectivity index (χ4v) is 2.46. The first-order valence-corrected chi connectivity index (χ1v) is 8.05. The van der Waals surface area contributed by atoms with Gasteiger partial charge in [0.15, 0.2) is 0 Å². The average molecular weight is 348 g/mol. The number of para-hydroxylation sites is 1. The summed E-state index contributed by atoms with van der Waals surface area (Å²) in [5, 5.41) is 2.72. The molecule has 0 heterocycles. The van der Waals surface area contributed by atoms with Gasteiger partial charge in [0, 0.05) is 29.5 Å². The predicted molar refractivity (Wildman–Crippen MR) is 100.0 cm³/mol. The summed E-state index contributed by atoms with van der Waals surface area (Å²) in [6, 6.07) is 21.3. The van der Waals surface area contributed by atoms with Gasteiger partial charge in [-0.25, -0.2) is 4.39 Å². The summed E-state index contributed by atoms with van der Waals surface area (Å²) in [5.74, 6) is -0.884. The van der Waals surface area contributed by atoms with E-state index in [9.17, 15) is 14.0 Å². The molecule has 0 aliphatic carbocycles. The van der Waals surface area contributed by atoms with Crippen LogP contribution in [0.1, 0.15) is 20.7 Å². The van der Waals surface area contributed by atoms with Gasteiger partial charge >= 0.3 is 0 Å². The zero-order valence-corrected chi connectivity index (χ0v) is 14.1. The van der Waals surface area contributed by atoms with Gasteiger partial charge in [-0.05, 0) is 60.7 Å². The second kappa shape index (κ2) is 7.61. The Bertz CT molecular complexity index is 907. The first-order valence-electron chi connectivity index (χ1n) is 8.05. The molecule has 3 rings (SSSR count). The summed E-state index contributed by atoms with van der Waals surface area (Å²) in [6.07, 6.45) is 0. The van der Waals surface area contributed by atoms with Crippen LogP contribution in [0.25, 0.3) is 0 Å². The Kier molecular flexibility index (Phi) is 5.08. The third-order valence-corrected chi connectivity index (χ3v) is 3.94. The lowest BCUT2D eigenvalue weighted by Gasteiger charge is -2.17. The second-order valence-electron chi connectivity index (χ2n) is 5.74. The van der Waals surface area contributed by atoms with E-state index < -0.39 is 5.82 Å². The van der Waals surface area contributed by atoms with Crippen LogP contribution in [0, 0.1) is 5.82 Å². The van der Waals surface area contributed by atoms with Crippen molar-refractivity contribution in [3.63, 3.8) is 0 Å². The van der Waals surface area contributed by atoms with Crippen LogP contribution in [0.5, 0.6) is 0 Å². The summed E-state index contributed by atoms with van der Waals surface area (Å²) in [5.41, 5.74) is 2.22. The van der Waals surface area contributed by atoms with Crippen molar-refractivity contribution in [1.82, 2.24) is 0 Å². The number of hydrogen-bond acceptors (Lipinski definition) is 2. The number of halogens is 1. The molecule has 0 spiro atoms. The summed E-state index contributed by atoms with van der Waals surface area (Å²) >= 11 is 0. The molecule has 0 aliphatic rings. The van der Waals surface area contributed by atoms with Crippen molar-refractivity contribution in [2.45, 2.75) is 0 Å². The standard InChI is InChI=1S/C21H17FN2O2/c1-24(19-5-3-2-4-6-19)21(26)16-9-13-18(14-10-16)23-20(25)15-7-11-17(22)12-8-15/h2-14H,1H3,(H,23,25). The molecule has 0 saturated heterocycles. The van der Waals surface area contributed by atoms with E-state index in [0.717, 1.165) is 5.69 Å². The van der Waals surface area contributed by atoms with E-state index in [0.29, 0.717) is 16.8 Å². The predicted octanol–water partition coefficient (Wildman–Crippen LogP) is 4.35. The topological polar surface area (TPSA) is 49.4 Å². The maximum Gasteiger partial charge on any atom is 0.258 e. The molecule has 130 valence electrons. The minimum atomic E-state index is -0.396. The number of amides is 2. The highest BCUT2D eigenvalue weighted by Gasteiger charge is 2.13. The monoisotopic (exact) mass is 348 g/mol. The minimum absolute atomic E-state index is 0.146. The molecule has 0 aliphatic heterocycles. The van der Waals surface area contributed by atoms with E-state index in [1.807, 2.05) is 30.3 Å². The molecule has 0 atom stereocenters. The van der Waals surface area contributed by atoms with Gasteiger partial charge in [0.25, 0.3) is 11.8 Å². The molecule has 0 saturated carbocycles. The van der Waals surface area contributed by atoms with E-state index in [1.165, 1.54) is 24.3 Å². The Morgan fingerprint density at radius 2 is 1.38 bits per heavy atom. The normalized spacial score (nSPS) is 10.2. The van der Waals surface area contributed by atoms with Gasteiger partial charge in [-0.2, -0.15) is 0 Å². The highest BCUT2D eigenvalue weighted by Crippen LogP contribution is 2.17. The Labute approximate surface area is 150 Å². The van der Waals surface area contributed by atoms with Crippen LogP contribution < -0.4 is 10.2 Å². The van der Waals surface area contributed by atoms with E-state index in [-0.39, 0.29) is 11.8 Å². The van der Waals surface area contributed by atoms with Crippen LogP contribution in [0.4, 0.5) is 15.8 Å². The fourth-order valence-electron chi connectivity index (χ4n) is 2.46. The molecule has 0 aromatic heterocycles. The summed E-state index contributed by atoms with van der Waals surface area (Å²) < 4.78 is 12.9. The molecule has 5 heteroatoms. The van der Waals surface area contributed by atoms with Crippen molar-refractivity contribution in [3.8, 4) is 0 Å². The third kappa shape index (κ3) is 3.95. The molecule has 4 nitrogen and oxygen atoms in total. The number of benzene rings is 3. The summed E-state index contributed by atoms with van der Waals surface area (Å²) in [7, 11) is 1.71. The molecule has 2 amide bonds. The maximum atomic E-state index is 12.9. The van der Waals surface area contributed by atoms with Gasteiger partial charge in [0.2, 0.25) is 0 Å². The summed E-state index contributed by atoms with van der Waals surface area (Å²) in [4.78, 5) is 26.2. The van der Waals surface area contributed by atoms with Gasteiger partial charge < -0.3 is 10.2 Å². The van der Waals surface area contributed by atoms with Gasteiger partial charge in [-0.1, -0.05) is 18.2 Å². The minimum Gasteiger partial charge on any atom is -0.322 e. The largest absolute Gasteiger partial charge is 0.322 e. The third-order valence-electron chi connectivity index (χ3n) is 3.94. The van der Waals surface area contributed by atoms with Crippen LogP contribution in [0.15, 0.2) is 78.9 Å². The van der Waals surface area contributed by atoms with Crippen LogP contribution in [0.2, 0.25) is 0 Å². The fraction of sp³-hybridized carbons (Fsp3) is 0.0476. The van der Waals surface area contributed by atoms with Gasteiger partial charge in [0.1, 0.15) is 5.82 Å².